The number of aromatic hydroxyl groups is 1. The number of hydrogen-bond acceptors (Lipinski definition) is 1. The molecule has 1 N–H and O–H groups in total. The van der Waals surface area contributed by atoms with Gasteiger partial charge in [0.15, 0.2) is 0 Å². The van der Waals surface area contributed by atoms with E-state index in [0.717, 1.165) is 6.42 Å². The van der Waals surface area contributed by atoms with Crippen LogP contribution in [-0.2, 0) is 6.42 Å². The Morgan fingerprint density at radius 2 is 1.45 bits per heavy atom. The van der Waals surface area contributed by atoms with E-state index in [-0.39, 0.29) is 0 Å². The molecule has 0 spiro atoms. The van der Waals surface area contributed by atoms with Gasteiger partial charge < -0.3 is 5.11 Å². The molecular formula is C21H32O. The molecule has 1 rings (SSSR count). The number of benzene rings is 1. The van der Waals surface area contributed by atoms with Crippen molar-refractivity contribution in [1.82, 2.24) is 0 Å². The summed E-state index contributed by atoms with van der Waals surface area (Å²) in [5, 5.41) is 9.40. The molecule has 1 aromatic rings. The van der Waals surface area contributed by atoms with Crippen LogP contribution < -0.4 is 0 Å². The first kappa shape index (κ1) is 18.5. The fraction of sp³-hybridized carbons (Fsp3) is 0.524. The number of phenolic OH excluding ortho intramolecular Hbond substituents is 1. The summed E-state index contributed by atoms with van der Waals surface area (Å²) in [6.45, 7) is 3.75. The van der Waals surface area contributed by atoms with Crippen LogP contribution in [0.15, 0.2) is 49.1 Å². The molecule has 0 unspecified atom stereocenters. The number of unbranched alkanes of at least 4 members (excludes halogenated alkanes) is 8. The molecule has 0 aliphatic heterocycles. The molecule has 0 heterocycles. The molecule has 1 aromatic carbocycles. The summed E-state index contributed by atoms with van der Waals surface area (Å²) in [4.78, 5) is 0. The van der Waals surface area contributed by atoms with Crippen molar-refractivity contribution in [3.05, 3.63) is 54.6 Å². The van der Waals surface area contributed by atoms with Crippen LogP contribution in [0.3, 0.4) is 0 Å². The SMILES string of the molecule is C=CCCCCCC/C=C/CCCCCc1cccc(O)c1. The molecule has 122 valence electrons. The minimum absolute atomic E-state index is 0.380. The Balaban J connectivity index is 1.88. The van der Waals surface area contributed by atoms with Crippen molar-refractivity contribution in [2.45, 2.75) is 70.6 Å². The average Bonchev–Trinajstić information content (AvgIpc) is 2.52. The molecule has 22 heavy (non-hydrogen) atoms. The minimum Gasteiger partial charge on any atom is -0.508 e. The van der Waals surface area contributed by atoms with Gasteiger partial charge in [-0.15, -0.1) is 6.58 Å². The van der Waals surface area contributed by atoms with Crippen LogP contribution in [0.5, 0.6) is 5.75 Å². The Morgan fingerprint density at radius 3 is 2.09 bits per heavy atom. The fourth-order valence-corrected chi connectivity index (χ4v) is 2.62. The van der Waals surface area contributed by atoms with Gasteiger partial charge in [0.25, 0.3) is 0 Å². The summed E-state index contributed by atoms with van der Waals surface area (Å²) in [6, 6.07) is 7.61. The van der Waals surface area contributed by atoms with Gasteiger partial charge in [0.05, 0.1) is 0 Å². The predicted octanol–water partition coefficient (Wildman–Crippen LogP) is 6.58. The number of rotatable bonds is 13. The third-order valence-corrected chi connectivity index (χ3v) is 3.94. The molecule has 1 nitrogen and oxygen atoms in total. The number of aryl methyl sites for hydroxylation is 1. The molecule has 1 heteroatoms. The van der Waals surface area contributed by atoms with Gasteiger partial charge in [-0.1, -0.05) is 49.6 Å². The van der Waals surface area contributed by atoms with E-state index in [0.29, 0.717) is 5.75 Å². The first-order chi connectivity index (χ1) is 10.8. The summed E-state index contributed by atoms with van der Waals surface area (Å²) in [5.41, 5.74) is 1.24. The molecular weight excluding hydrogens is 268 g/mol. The maximum Gasteiger partial charge on any atom is 0.115 e. The second-order valence-electron chi connectivity index (χ2n) is 6.02. The molecule has 0 radical (unpaired) electrons. The topological polar surface area (TPSA) is 20.2 Å². The third-order valence-electron chi connectivity index (χ3n) is 3.94. The van der Waals surface area contributed by atoms with Crippen molar-refractivity contribution >= 4 is 0 Å². The van der Waals surface area contributed by atoms with Gasteiger partial charge in [-0.05, 0) is 69.1 Å². The highest BCUT2D eigenvalue weighted by atomic mass is 16.3. The van der Waals surface area contributed by atoms with Gasteiger partial charge in [-0.25, -0.2) is 0 Å². The van der Waals surface area contributed by atoms with E-state index < -0.39 is 0 Å². The van der Waals surface area contributed by atoms with E-state index in [2.05, 4.69) is 24.8 Å². The molecule has 0 saturated heterocycles. The predicted molar refractivity (Wildman–Crippen MR) is 97.3 cm³/mol. The standard InChI is InChI=1S/C21H32O/c1-2-3-4-5-6-7-8-9-10-11-12-13-14-16-20-17-15-18-21(22)19-20/h2,9-10,15,17-19,22H,1,3-8,11-14,16H2/b10-9+. The maximum atomic E-state index is 9.40. The molecule has 0 atom stereocenters. The van der Waals surface area contributed by atoms with Gasteiger partial charge in [-0.2, -0.15) is 0 Å². The second kappa shape index (κ2) is 13.2. The van der Waals surface area contributed by atoms with Crippen LogP contribution in [-0.4, -0.2) is 5.11 Å². The van der Waals surface area contributed by atoms with Crippen molar-refractivity contribution in [2.75, 3.05) is 0 Å². The van der Waals surface area contributed by atoms with Gasteiger partial charge in [0.2, 0.25) is 0 Å². The zero-order chi connectivity index (χ0) is 15.9. The molecule has 0 amide bonds. The van der Waals surface area contributed by atoms with Gasteiger partial charge >= 0.3 is 0 Å². The lowest BCUT2D eigenvalue weighted by Crippen LogP contribution is -1.85. The van der Waals surface area contributed by atoms with Crippen molar-refractivity contribution in [1.29, 1.82) is 0 Å². The zero-order valence-corrected chi connectivity index (χ0v) is 14.0. The van der Waals surface area contributed by atoms with Crippen molar-refractivity contribution in [3.8, 4) is 5.75 Å². The van der Waals surface area contributed by atoms with Gasteiger partial charge in [0.1, 0.15) is 5.75 Å². The first-order valence-corrected chi connectivity index (χ1v) is 8.86. The third kappa shape index (κ3) is 10.3. The largest absolute Gasteiger partial charge is 0.508 e. The maximum absolute atomic E-state index is 9.40. The first-order valence-electron chi connectivity index (χ1n) is 8.86. The quantitative estimate of drug-likeness (QED) is 0.322. The van der Waals surface area contributed by atoms with Crippen LogP contribution in [0.1, 0.15) is 69.8 Å². The van der Waals surface area contributed by atoms with Gasteiger partial charge in [-0.3, -0.25) is 0 Å². The molecule has 0 fully saturated rings. The Labute approximate surface area is 136 Å². The monoisotopic (exact) mass is 300 g/mol. The van der Waals surface area contributed by atoms with E-state index in [1.165, 1.54) is 69.8 Å². The van der Waals surface area contributed by atoms with Crippen molar-refractivity contribution in [3.63, 3.8) is 0 Å². The lowest BCUT2D eigenvalue weighted by atomic mass is 10.1. The van der Waals surface area contributed by atoms with Crippen LogP contribution in [0, 0.1) is 0 Å². The van der Waals surface area contributed by atoms with Crippen LogP contribution in [0.2, 0.25) is 0 Å². The van der Waals surface area contributed by atoms with E-state index in [4.69, 9.17) is 0 Å². The highest BCUT2D eigenvalue weighted by molar-refractivity contribution is 5.27. The summed E-state index contributed by atoms with van der Waals surface area (Å²) >= 11 is 0. The molecule has 0 saturated carbocycles. The van der Waals surface area contributed by atoms with E-state index >= 15 is 0 Å². The Kier molecular flexibility index (Phi) is 11.1. The summed E-state index contributed by atoms with van der Waals surface area (Å²) in [5.74, 6) is 0.380. The molecule has 0 aliphatic rings. The Hall–Kier alpha value is -1.50. The smallest absolute Gasteiger partial charge is 0.115 e. The second-order valence-corrected chi connectivity index (χ2v) is 6.02. The minimum atomic E-state index is 0.380. The van der Waals surface area contributed by atoms with E-state index in [1.54, 1.807) is 6.07 Å². The highest BCUT2D eigenvalue weighted by Crippen LogP contribution is 2.14. The normalized spacial score (nSPS) is 11.1. The lowest BCUT2D eigenvalue weighted by Gasteiger charge is -2.01. The molecule has 0 aliphatic carbocycles. The van der Waals surface area contributed by atoms with Crippen molar-refractivity contribution in [2.24, 2.45) is 0 Å². The van der Waals surface area contributed by atoms with Crippen molar-refractivity contribution < 1.29 is 5.11 Å². The Morgan fingerprint density at radius 1 is 0.818 bits per heavy atom. The summed E-state index contributed by atoms with van der Waals surface area (Å²) in [7, 11) is 0. The molecule has 0 bridgehead atoms. The van der Waals surface area contributed by atoms with Crippen LogP contribution in [0.4, 0.5) is 0 Å². The van der Waals surface area contributed by atoms with Crippen LogP contribution >= 0.6 is 0 Å². The highest BCUT2D eigenvalue weighted by Gasteiger charge is 1.95. The average molecular weight is 300 g/mol. The molecule has 0 aromatic heterocycles. The number of phenols is 1. The Bertz CT molecular complexity index is 420. The van der Waals surface area contributed by atoms with E-state index in [9.17, 15) is 5.11 Å². The van der Waals surface area contributed by atoms with Crippen LogP contribution in [0.25, 0.3) is 0 Å². The summed E-state index contributed by atoms with van der Waals surface area (Å²) < 4.78 is 0. The number of hydrogen-bond donors (Lipinski definition) is 1. The van der Waals surface area contributed by atoms with Gasteiger partial charge in [0, 0.05) is 0 Å². The number of allylic oxidation sites excluding steroid dienone is 3. The summed E-state index contributed by atoms with van der Waals surface area (Å²) in [6.07, 6.45) is 20.4. The fourth-order valence-electron chi connectivity index (χ4n) is 2.62. The lowest BCUT2D eigenvalue weighted by molar-refractivity contribution is 0.474. The zero-order valence-electron chi connectivity index (χ0n) is 14.0. The van der Waals surface area contributed by atoms with E-state index in [1.807, 2.05) is 18.2 Å².